The first-order valence-corrected chi connectivity index (χ1v) is 8.25. The second-order valence-electron chi connectivity index (χ2n) is 4.74. The number of hydrogen-bond donors (Lipinski definition) is 1. The molecule has 0 aliphatic carbocycles. The highest BCUT2D eigenvalue weighted by molar-refractivity contribution is 7.99. The van der Waals surface area contributed by atoms with Crippen molar-refractivity contribution in [2.24, 2.45) is 0 Å². The number of fused-ring (bicyclic) bond motifs is 1. The van der Waals surface area contributed by atoms with E-state index in [-0.39, 0.29) is 12.2 Å². The van der Waals surface area contributed by atoms with Gasteiger partial charge < -0.3 is 9.72 Å². The Kier molecular flexibility index (Phi) is 4.66. The maximum absolute atomic E-state index is 12.7. The quantitative estimate of drug-likeness (QED) is 0.556. The van der Waals surface area contributed by atoms with Gasteiger partial charge in [0.2, 0.25) is 0 Å². The molecule has 2 heterocycles. The number of rotatable bonds is 6. The summed E-state index contributed by atoms with van der Waals surface area (Å²) >= 11 is 1.50. The minimum Gasteiger partial charge on any atom is -0.491 e. The van der Waals surface area contributed by atoms with Crippen LogP contribution in [-0.4, -0.2) is 33.6 Å². The van der Waals surface area contributed by atoms with Crippen molar-refractivity contribution in [1.29, 1.82) is 0 Å². The summed E-state index contributed by atoms with van der Waals surface area (Å²) in [7, 11) is 0. The van der Waals surface area contributed by atoms with Gasteiger partial charge >= 0.3 is 0 Å². The van der Waals surface area contributed by atoms with Crippen LogP contribution in [-0.2, 0) is 0 Å². The molecule has 0 atom stereocenters. The molecular formula is C16H16FN3O2S. The molecule has 0 fully saturated rings. The van der Waals surface area contributed by atoms with Gasteiger partial charge in [-0.05, 0) is 36.1 Å². The number of thioether (sulfide) groups is 1. The van der Waals surface area contributed by atoms with Gasteiger partial charge in [-0.25, -0.2) is 9.37 Å². The number of ether oxygens (including phenoxy) is 1. The number of benzene rings is 1. The third-order valence-corrected chi connectivity index (χ3v) is 4.08. The summed E-state index contributed by atoms with van der Waals surface area (Å²) < 4.78 is 18.9. The lowest BCUT2D eigenvalue weighted by molar-refractivity contribution is 0.273. The first-order valence-electron chi connectivity index (χ1n) is 7.26. The Morgan fingerprint density at radius 3 is 2.78 bits per heavy atom. The van der Waals surface area contributed by atoms with Crippen molar-refractivity contribution < 1.29 is 9.13 Å². The van der Waals surface area contributed by atoms with Crippen molar-refractivity contribution >= 4 is 22.8 Å². The highest BCUT2D eigenvalue weighted by Crippen LogP contribution is 2.22. The van der Waals surface area contributed by atoms with Crippen molar-refractivity contribution in [1.82, 2.24) is 14.5 Å². The van der Waals surface area contributed by atoms with Crippen molar-refractivity contribution in [3.8, 4) is 11.4 Å². The Hall–Kier alpha value is -2.28. The Labute approximate surface area is 136 Å². The number of halogens is 1. The van der Waals surface area contributed by atoms with Gasteiger partial charge in [0.25, 0.3) is 5.56 Å². The molecule has 0 bridgehead atoms. The van der Waals surface area contributed by atoms with Gasteiger partial charge in [0.1, 0.15) is 24.5 Å². The highest BCUT2D eigenvalue weighted by Gasteiger charge is 2.13. The summed E-state index contributed by atoms with van der Waals surface area (Å²) in [4.78, 5) is 20.2. The second kappa shape index (κ2) is 6.87. The number of aromatic nitrogens is 3. The molecule has 0 unspecified atom stereocenters. The topological polar surface area (TPSA) is 59.9 Å². The second-order valence-corrected chi connectivity index (χ2v) is 5.97. The van der Waals surface area contributed by atoms with Crippen LogP contribution in [0.4, 0.5) is 4.39 Å². The van der Waals surface area contributed by atoms with Crippen LogP contribution >= 0.6 is 11.8 Å². The van der Waals surface area contributed by atoms with Crippen LogP contribution in [0.3, 0.4) is 0 Å². The predicted molar refractivity (Wildman–Crippen MR) is 89.6 cm³/mol. The number of alkyl halides is 1. The summed E-state index contributed by atoms with van der Waals surface area (Å²) in [5, 5.41) is 0.641. The summed E-state index contributed by atoms with van der Waals surface area (Å²) in [6.45, 7) is 1.49. The van der Waals surface area contributed by atoms with Crippen LogP contribution < -0.4 is 10.3 Å². The van der Waals surface area contributed by atoms with Crippen LogP contribution in [0.2, 0.25) is 0 Å². The molecule has 23 heavy (non-hydrogen) atoms. The van der Waals surface area contributed by atoms with Crippen LogP contribution in [0.25, 0.3) is 16.7 Å². The number of hydrogen-bond acceptors (Lipinski definition) is 4. The molecule has 0 aliphatic rings. The Morgan fingerprint density at radius 1 is 1.30 bits per heavy atom. The smallest absolute Gasteiger partial charge is 0.283 e. The van der Waals surface area contributed by atoms with Gasteiger partial charge in [0.05, 0.1) is 11.2 Å². The molecule has 0 amide bonds. The normalized spacial score (nSPS) is 11.0. The van der Waals surface area contributed by atoms with Crippen LogP contribution in [0.15, 0.2) is 46.5 Å². The van der Waals surface area contributed by atoms with Crippen LogP contribution in [0.5, 0.6) is 5.75 Å². The van der Waals surface area contributed by atoms with Crippen molar-refractivity contribution in [2.75, 3.05) is 19.0 Å². The van der Waals surface area contributed by atoms with E-state index in [9.17, 15) is 9.18 Å². The van der Waals surface area contributed by atoms with Crippen LogP contribution in [0.1, 0.15) is 6.92 Å². The average molecular weight is 333 g/mol. The Balaban J connectivity index is 2.08. The summed E-state index contributed by atoms with van der Waals surface area (Å²) in [6, 6.07) is 8.76. The summed E-state index contributed by atoms with van der Waals surface area (Å²) in [5.41, 5.74) is 1.68. The van der Waals surface area contributed by atoms with Gasteiger partial charge in [-0.3, -0.25) is 9.36 Å². The zero-order chi connectivity index (χ0) is 16.2. The maximum atomic E-state index is 12.7. The van der Waals surface area contributed by atoms with Crippen molar-refractivity contribution in [3.05, 3.63) is 46.9 Å². The molecule has 1 N–H and O–H groups in total. The van der Waals surface area contributed by atoms with E-state index < -0.39 is 6.67 Å². The summed E-state index contributed by atoms with van der Waals surface area (Å²) in [6.07, 6.45) is 1.71. The molecule has 0 saturated heterocycles. The molecule has 120 valence electrons. The van der Waals surface area contributed by atoms with Gasteiger partial charge in [-0.15, -0.1) is 0 Å². The molecule has 0 radical (unpaired) electrons. The van der Waals surface area contributed by atoms with E-state index in [0.717, 1.165) is 5.75 Å². The van der Waals surface area contributed by atoms with Crippen LogP contribution in [0, 0.1) is 0 Å². The van der Waals surface area contributed by atoms with E-state index in [1.54, 1.807) is 41.1 Å². The maximum Gasteiger partial charge on any atom is 0.283 e. The third kappa shape index (κ3) is 3.10. The standard InChI is InChI=1S/C16H16FN3O2S/c1-2-23-16-19-13-7-9-18-14(13)15(21)20(16)11-3-5-12(6-4-11)22-10-8-17/h3-7,9,18H,2,8,10H2,1H3. The van der Waals surface area contributed by atoms with Gasteiger partial charge in [-0.1, -0.05) is 18.7 Å². The minimum atomic E-state index is -0.536. The highest BCUT2D eigenvalue weighted by atomic mass is 32.2. The number of nitrogens with zero attached hydrogens (tertiary/aromatic N) is 2. The Morgan fingerprint density at radius 2 is 2.09 bits per heavy atom. The molecule has 3 aromatic rings. The van der Waals surface area contributed by atoms with Crippen molar-refractivity contribution in [3.63, 3.8) is 0 Å². The number of aromatic amines is 1. The molecule has 3 rings (SSSR count). The molecule has 0 spiro atoms. The molecule has 2 aromatic heterocycles. The lowest BCUT2D eigenvalue weighted by Gasteiger charge is -2.12. The zero-order valence-corrected chi connectivity index (χ0v) is 13.4. The molecule has 1 aromatic carbocycles. The first kappa shape index (κ1) is 15.6. The molecule has 5 nitrogen and oxygen atoms in total. The SMILES string of the molecule is CCSc1nc2cc[nH]c2c(=O)n1-c1ccc(OCCF)cc1. The lowest BCUT2D eigenvalue weighted by atomic mass is 10.3. The van der Waals surface area contributed by atoms with E-state index in [1.807, 2.05) is 6.92 Å². The molecule has 0 saturated carbocycles. The predicted octanol–water partition coefficient (Wildman–Crippen LogP) is 3.17. The van der Waals surface area contributed by atoms with Gasteiger partial charge in [0, 0.05) is 6.20 Å². The Bertz CT molecular complexity index is 858. The largest absolute Gasteiger partial charge is 0.491 e. The average Bonchev–Trinajstić information content (AvgIpc) is 3.03. The minimum absolute atomic E-state index is 0.0201. The fraction of sp³-hybridized carbons (Fsp3) is 0.250. The fourth-order valence-corrected chi connectivity index (χ4v) is 3.02. The zero-order valence-electron chi connectivity index (χ0n) is 12.6. The lowest BCUT2D eigenvalue weighted by Crippen LogP contribution is -2.21. The molecular weight excluding hydrogens is 317 g/mol. The van der Waals surface area contributed by atoms with Gasteiger partial charge in [-0.2, -0.15) is 0 Å². The van der Waals surface area contributed by atoms with Gasteiger partial charge in [0.15, 0.2) is 5.16 Å². The van der Waals surface area contributed by atoms with E-state index >= 15 is 0 Å². The third-order valence-electron chi connectivity index (χ3n) is 3.26. The van der Waals surface area contributed by atoms with E-state index in [2.05, 4.69) is 9.97 Å². The van der Waals surface area contributed by atoms with Crippen molar-refractivity contribution in [2.45, 2.75) is 12.1 Å². The van der Waals surface area contributed by atoms with E-state index in [1.165, 1.54) is 11.8 Å². The van der Waals surface area contributed by atoms with E-state index in [4.69, 9.17) is 4.74 Å². The number of H-pyrrole nitrogens is 1. The van der Waals surface area contributed by atoms with E-state index in [0.29, 0.717) is 27.6 Å². The summed E-state index contributed by atoms with van der Waals surface area (Å²) in [5.74, 6) is 1.37. The first-order chi connectivity index (χ1) is 11.2. The molecule has 7 heteroatoms. The fourth-order valence-electron chi connectivity index (χ4n) is 2.28. The molecule has 0 aliphatic heterocycles. The monoisotopic (exact) mass is 333 g/mol. The number of nitrogens with one attached hydrogen (secondary N) is 1.